The molecule has 3 aromatic rings. The second kappa shape index (κ2) is 6.93. The second-order valence-corrected chi connectivity index (χ2v) is 5.27. The summed E-state index contributed by atoms with van der Waals surface area (Å²) >= 11 is 5.98. The van der Waals surface area contributed by atoms with Crippen molar-refractivity contribution in [3.63, 3.8) is 0 Å². The molecule has 0 aliphatic rings. The predicted molar refractivity (Wildman–Crippen MR) is 92.7 cm³/mol. The molecule has 116 valence electrons. The Morgan fingerprint density at radius 2 is 1.96 bits per heavy atom. The number of benzene rings is 1. The van der Waals surface area contributed by atoms with Gasteiger partial charge in [-0.1, -0.05) is 23.7 Å². The van der Waals surface area contributed by atoms with Gasteiger partial charge in [0.15, 0.2) is 11.6 Å². The van der Waals surface area contributed by atoms with E-state index in [0.717, 1.165) is 11.3 Å². The maximum atomic E-state index is 6.13. The molecule has 6 nitrogen and oxygen atoms in total. The maximum Gasteiger partial charge on any atom is 0.159 e. The molecule has 2 aromatic heterocycles. The zero-order valence-corrected chi connectivity index (χ0v) is 13.0. The highest BCUT2D eigenvalue weighted by Gasteiger charge is 2.08. The van der Waals surface area contributed by atoms with Crippen LogP contribution in [0.5, 0.6) is 0 Å². The Labute approximate surface area is 138 Å². The van der Waals surface area contributed by atoms with E-state index in [-0.39, 0.29) is 0 Å². The highest BCUT2D eigenvalue weighted by atomic mass is 35.5. The van der Waals surface area contributed by atoms with Gasteiger partial charge in [-0.25, -0.2) is 9.97 Å². The van der Waals surface area contributed by atoms with Gasteiger partial charge in [0.1, 0.15) is 12.0 Å². The number of pyridine rings is 1. The van der Waals surface area contributed by atoms with Gasteiger partial charge in [-0.15, -0.1) is 0 Å². The number of halogens is 1. The summed E-state index contributed by atoms with van der Waals surface area (Å²) in [6.07, 6.45) is 4.97. The third kappa shape index (κ3) is 3.87. The van der Waals surface area contributed by atoms with E-state index in [4.69, 9.17) is 17.3 Å². The van der Waals surface area contributed by atoms with E-state index in [2.05, 4.69) is 25.6 Å². The molecule has 1 aromatic carbocycles. The fourth-order valence-corrected chi connectivity index (χ4v) is 2.22. The van der Waals surface area contributed by atoms with Gasteiger partial charge >= 0.3 is 0 Å². The van der Waals surface area contributed by atoms with E-state index in [1.165, 1.54) is 6.33 Å². The van der Waals surface area contributed by atoms with Crippen LogP contribution >= 0.6 is 11.6 Å². The van der Waals surface area contributed by atoms with Crippen molar-refractivity contribution in [3.05, 3.63) is 65.7 Å². The lowest BCUT2D eigenvalue weighted by molar-refractivity contribution is 1.07. The lowest BCUT2D eigenvalue weighted by atomic mass is 10.3. The van der Waals surface area contributed by atoms with Crippen molar-refractivity contribution in [1.29, 1.82) is 0 Å². The summed E-state index contributed by atoms with van der Waals surface area (Å²) < 4.78 is 0. The number of rotatable bonds is 5. The molecule has 0 saturated carbocycles. The minimum atomic E-state index is 0.441. The predicted octanol–water partition coefficient (Wildman–Crippen LogP) is 3.46. The molecule has 0 radical (unpaired) electrons. The first-order chi connectivity index (χ1) is 11.2. The van der Waals surface area contributed by atoms with Crippen LogP contribution in [0.4, 0.5) is 23.0 Å². The van der Waals surface area contributed by atoms with E-state index in [9.17, 15) is 0 Å². The van der Waals surface area contributed by atoms with E-state index < -0.39 is 0 Å². The van der Waals surface area contributed by atoms with Gasteiger partial charge in [-0.3, -0.25) is 4.98 Å². The molecular weight excluding hydrogens is 312 g/mol. The molecule has 0 unspecified atom stereocenters. The molecule has 0 aliphatic carbocycles. The smallest absolute Gasteiger partial charge is 0.159 e. The third-order valence-corrected chi connectivity index (χ3v) is 3.39. The van der Waals surface area contributed by atoms with Crippen LogP contribution in [0, 0.1) is 0 Å². The first kappa shape index (κ1) is 15.1. The van der Waals surface area contributed by atoms with Crippen LogP contribution in [-0.2, 0) is 6.54 Å². The highest BCUT2D eigenvalue weighted by molar-refractivity contribution is 6.30. The monoisotopic (exact) mass is 326 g/mol. The van der Waals surface area contributed by atoms with Gasteiger partial charge in [0.05, 0.1) is 0 Å². The number of nitrogens with zero attached hydrogens (tertiary/aromatic N) is 3. The Hall–Kier alpha value is -2.86. The molecule has 0 fully saturated rings. The molecule has 0 amide bonds. The number of hydrogen-bond acceptors (Lipinski definition) is 6. The van der Waals surface area contributed by atoms with Crippen molar-refractivity contribution in [2.24, 2.45) is 0 Å². The standard InChI is InChI=1S/C16H15ClN6/c17-12-4-1-5-13(7-12)23-16-14(18)15(21-10-22-16)20-9-11-3-2-6-19-8-11/h1-8,10H,9,18H2,(H2,20,21,22,23). The van der Waals surface area contributed by atoms with Crippen LogP contribution in [0.3, 0.4) is 0 Å². The molecule has 23 heavy (non-hydrogen) atoms. The van der Waals surface area contributed by atoms with Gasteiger partial charge in [-0.05, 0) is 29.8 Å². The van der Waals surface area contributed by atoms with Crippen LogP contribution in [-0.4, -0.2) is 15.0 Å². The van der Waals surface area contributed by atoms with Gasteiger partial charge < -0.3 is 16.4 Å². The van der Waals surface area contributed by atoms with Gasteiger partial charge in [0, 0.05) is 29.6 Å². The van der Waals surface area contributed by atoms with Crippen molar-refractivity contribution in [2.45, 2.75) is 6.54 Å². The molecule has 7 heteroatoms. The summed E-state index contributed by atoms with van der Waals surface area (Å²) in [5.74, 6) is 1.09. The zero-order chi connectivity index (χ0) is 16.1. The minimum Gasteiger partial charge on any atom is -0.393 e. The minimum absolute atomic E-state index is 0.441. The van der Waals surface area contributed by atoms with E-state index in [1.807, 2.05) is 24.3 Å². The third-order valence-electron chi connectivity index (χ3n) is 3.15. The summed E-state index contributed by atoms with van der Waals surface area (Å²) in [5.41, 5.74) is 8.42. The van der Waals surface area contributed by atoms with E-state index >= 15 is 0 Å². The summed E-state index contributed by atoms with van der Waals surface area (Å²) in [4.78, 5) is 12.4. The Morgan fingerprint density at radius 3 is 2.74 bits per heavy atom. The fraction of sp³-hybridized carbons (Fsp3) is 0.0625. The Kier molecular flexibility index (Phi) is 4.54. The van der Waals surface area contributed by atoms with Crippen LogP contribution in [0.2, 0.25) is 5.02 Å². The molecule has 0 bridgehead atoms. The van der Waals surface area contributed by atoms with Crippen molar-refractivity contribution in [1.82, 2.24) is 15.0 Å². The average molecular weight is 327 g/mol. The van der Waals surface area contributed by atoms with E-state index in [0.29, 0.717) is 28.9 Å². The number of hydrogen-bond donors (Lipinski definition) is 3. The largest absolute Gasteiger partial charge is 0.393 e. The van der Waals surface area contributed by atoms with Crippen molar-refractivity contribution in [2.75, 3.05) is 16.4 Å². The summed E-state index contributed by atoms with van der Waals surface area (Å²) in [6.45, 7) is 0.575. The lowest BCUT2D eigenvalue weighted by Gasteiger charge is -2.12. The van der Waals surface area contributed by atoms with Gasteiger partial charge in [-0.2, -0.15) is 0 Å². The number of anilines is 4. The van der Waals surface area contributed by atoms with Crippen LogP contribution in [0.15, 0.2) is 55.1 Å². The fourth-order valence-electron chi connectivity index (χ4n) is 2.03. The molecule has 0 saturated heterocycles. The Balaban J connectivity index is 1.75. The average Bonchev–Trinajstić information content (AvgIpc) is 2.57. The lowest BCUT2D eigenvalue weighted by Crippen LogP contribution is -2.08. The van der Waals surface area contributed by atoms with Crippen LogP contribution < -0.4 is 16.4 Å². The zero-order valence-electron chi connectivity index (χ0n) is 12.2. The molecule has 0 atom stereocenters. The van der Waals surface area contributed by atoms with Crippen molar-refractivity contribution < 1.29 is 0 Å². The number of aromatic nitrogens is 3. The SMILES string of the molecule is Nc1c(NCc2cccnc2)ncnc1Nc1cccc(Cl)c1. The van der Waals surface area contributed by atoms with Gasteiger partial charge in [0.2, 0.25) is 0 Å². The Morgan fingerprint density at radius 1 is 1.09 bits per heavy atom. The molecular formula is C16H15ClN6. The number of nitrogens with two attached hydrogens (primary N) is 1. The van der Waals surface area contributed by atoms with Crippen LogP contribution in [0.25, 0.3) is 0 Å². The molecule has 2 heterocycles. The van der Waals surface area contributed by atoms with Crippen molar-refractivity contribution in [3.8, 4) is 0 Å². The van der Waals surface area contributed by atoms with E-state index in [1.54, 1.807) is 24.5 Å². The molecule has 3 rings (SSSR count). The van der Waals surface area contributed by atoms with Crippen molar-refractivity contribution >= 4 is 34.6 Å². The normalized spacial score (nSPS) is 10.3. The number of nitrogen functional groups attached to an aromatic ring is 1. The molecule has 4 N–H and O–H groups in total. The topological polar surface area (TPSA) is 88.8 Å². The second-order valence-electron chi connectivity index (χ2n) is 4.83. The first-order valence-corrected chi connectivity index (χ1v) is 7.36. The summed E-state index contributed by atoms with van der Waals surface area (Å²) in [6, 6.07) is 11.2. The maximum absolute atomic E-state index is 6.13. The first-order valence-electron chi connectivity index (χ1n) is 6.98. The quantitative estimate of drug-likeness (QED) is 0.665. The summed E-state index contributed by atoms with van der Waals surface area (Å²) in [7, 11) is 0. The van der Waals surface area contributed by atoms with Gasteiger partial charge in [0.25, 0.3) is 0 Å². The summed E-state index contributed by atoms with van der Waals surface area (Å²) in [5, 5.41) is 6.96. The number of nitrogens with one attached hydrogen (secondary N) is 2. The Bertz CT molecular complexity index is 794. The molecule has 0 spiro atoms. The highest BCUT2D eigenvalue weighted by Crippen LogP contribution is 2.27. The van der Waals surface area contributed by atoms with Crippen LogP contribution in [0.1, 0.15) is 5.56 Å². The molecule has 0 aliphatic heterocycles.